The molecule has 0 saturated heterocycles. The third kappa shape index (κ3) is 3.72. The fraction of sp³-hybridized carbons (Fsp3) is 0.462. The van der Waals surface area contributed by atoms with Gasteiger partial charge >= 0.3 is 5.69 Å². The number of nitrogens with one attached hydrogen (secondary N) is 1. The minimum Gasteiger partial charge on any atom is -0.357 e. The highest BCUT2D eigenvalue weighted by atomic mass is 32.2. The molecule has 1 N–H and O–H groups in total. The molecule has 22 heavy (non-hydrogen) atoms. The number of rotatable bonds is 5. The molecule has 0 aliphatic heterocycles. The van der Waals surface area contributed by atoms with Crippen LogP contribution in [0.2, 0.25) is 0 Å². The maximum absolute atomic E-state index is 11.0. The third-order valence-corrected chi connectivity index (χ3v) is 5.38. The van der Waals surface area contributed by atoms with E-state index in [1.807, 2.05) is 0 Å². The summed E-state index contributed by atoms with van der Waals surface area (Å²) in [6, 6.07) is 3.46. The Hall–Kier alpha value is -1.74. The second kappa shape index (κ2) is 7.01. The highest BCUT2D eigenvalue weighted by Gasteiger charge is 2.19. The quantitative estimate of drug-likeness (QED) is 0.656. The summed E-state index contributed by atoms with van der Waals surface area (Å²) in [6.45, 7) is 0. The van der Waals surface area contributed by atoms with Crippen LogP contribution in [0.1, 0.15) is 32.1 Å². The van der Waals surface area contributed by atoms with Crippen LogP contribution in [0.25, 0.3) is 0 Å². The number of nitro groups is 1. The summed E-state index contributed by atoms with van der Waals surface area (Å²) >= 11 is 2.59. The minimum atomic E-state index is -0.433. The van der Waals surface area contributed by atoms with Crippen LogP contribution in [0.5, 0.6) is 0 Å². The SMILES string of the molecule is O=[N+]([O-])c1cccnc1Sc1nnc(NC2CCCCC2)s1. The molecule has 1 aliphatic carbocycles. The molecule has 0 aromatic carbocycles. The van der Waals surface area contributed by atoms with E-state index in [4.69, 9.17) is 0 Å². The Balaban J connectivity index is 1.68. The highest BCUT2D eigenvalue weighted by molar-refractivity contribution is 8.01. The van der Waals surface area contributed by atoms with Gasteiger partial charge in [0.2, 0.25) is 5.13 Å². The van der Waals surface area contributed by atoms with Gasteiger partial charge in [-0.2, -0.15) is 0 Å². The van der Waals surface area contributed by atoms with E-state index in [-0.39, 0.29) is 5.69 Å². The zero-order valence-electron chi connectivity index (χ0n) is 11.8. The Kier molecular flexibility index (Phi) is 4.84. The van der Waals surface area contributed by atoms with Gasteiger partial charge in [0.1, 0.15) is 0 Å². The van der Waals surface area contributed by atoms with E-state index in [1.54, 1.807) is 6.07 Å². The van der Waals surface area contributed by atoms with Gasteiger partial charge in [0, 0.05) is 18.3 Å². The van der Waals surface area contributed by atoms with Crippen molar-refractivity contribution >= 4 is 33.9 Å². The molecule has 0 unspecified atom stereocenters. The Bertz CT molecular complexity index is 657. The molecule has 0 spiro atoms. The molecular formula is C13H15N5O2S2. The van der Waals surface area contributed by atoms with Crippen molar-refractivity contribution < 1.29 is 4.92 Å². The smallest absolute Gasteiger partial charge is 0.301 e. The highest BCUT2D eigenvalue weighted by Crippen LogP contribution is 2.36. The van der Waals surface area contributed by atoms with Gasteiger partial charge in [0.05, 0.1) is 4.92 Å². The topological polar surface area (TPSA) is 93.8 Å². The molecule has 1 aliphatic rings. The first-order chi connectivity index (χ1) is 10.7. The van der Waals surface area contributed by atoms with E-state index >= 15 is 0 Å². The average Bonchev–Trinajstić information content (AvgIpc) is 2.96. The third-order valence-electron chi connectivity index (χ3n) is 3.47. The molecule has 0 atom stereocenters. The second-order valence-corrected chi connectivity index (χ2v) is 7.25. The van der Waals surface area contributed by atoms with Gasteiger partial charge in [-0.25, -0.2) is 4.98 Å². The van der Waals surface area contributed by atoms with E-state index in [1.165, 1.54) is 54.6 Å². The number of hydrogen-bond acceptors (Lipinski definition) is 8. The van der Waals surface area contributed by atoms with Crippen molar-refractivity contribution in [3.05, 3.63) is 28.4 Å². The Morgan fingerprint density at radius 3 is 2.91 bits per heavy atom. The Labute approximate surface area is 135 Å². The molecule has 2 aromatic heterocycles. The molecule has 9 heteroatoms. The van der Waals surface area contributed by atoms with Crippen molar-refractivity contribution in [1.29, 1.82) is 0 Å². The summed E-state index contributed by atoms with van der Waals surface area (Å²) in [7, 11) is 0. The van der Waals surface area contributed by atoms with Gasteiger partial charge < -0.3 is 5.32 Å². The van der Waals surface area contributed by atoms with Gasteiger partial charge in [0.25, 0.3) is 0 Å². The number of nitrogens with zero attached hydrogens (tertiary/aromatic N) is 4. The molecule has 1 saturated carbocycles. The van der Waals surface area contributed by atoms with Crippen LogP contribution in [0, 0.1) is 10.1 Å². The predicted molar refractivity (Wildman–Crippen MR) is 85.4 cm³/mol. The summed E-state index contributed by atoms with van der Waals surface area (Å²) in [6.07, 6.45) is 7.66. The Morgan fingerprint density at radius 2 is 2.14 bits per heavy atom. The fourth-order valence-electron chi connectivity index (χ4n) is 2.41. The maximum atomic E-state index is 11.0. The van der Waals surface area contributed by atoms with Crippen LogP contribution in [0.4, 0.5) is 10.8 Å². The van der Waals surface area contributed by atoms with Gasteiger partial charge in [-0.15, -0.1) is 10.2 Å². The molecule has 116 valence electrons. The zero-order valence-corrected chi connectivity index (χ0v) is 13.4. The fourth-order valence-corrected chi connectivity index (χ4v) is 4.22. The average molecular weight is 337 g/mol. The number of hydrogen-bond donors (Lipinski definition) is 1. The molecule has 7 nitrogen and oxygen atoms in total. The Morgan fingerprint density at radius 1 is 1.32 bits per heavy atom. The van der Waals surface area contributed by atoms with E-state index in [0.29, 0.717) is 15.4 Å². The number of anilines is 1. The summed E-state index contributed by atoms with van der Waals surface area (Å²) in [4.78, 5) is 14.6. The lowest BCUT2D eigenvalue weighted by atomic mass is 9.96. The number of pyridine rings is 1. The maximum Gasteiger partial charge on any atom is 0.301 e. The van der Waals surface area contributed by atoms with E-state index in [0.717, 1.165) is 18.0 Å². The van der Waals surface area contributed by atoms with Crippen molar-refractivity contribution in [3.8, 4) is 0 Å². The monoisotopic (exact) mass is 337 g/mol. The first kappa shape index (κ1) is 15.2. The zero-order chi connectivity index (χ0) is 15.4. The summed E-state index contributed by atoms with van der Waals surface area (Å²) < 4.78 is 0.653. The lowest BCUT2D eigenvalue weighted by molar-refractivity contribution is -0.388. The largest absolute Gasteiger partial charge is 0.357 e. The van der Waals surface area contributed by atoms with Crippen molar-refractivity contribution in [2.75, 3.05) is 5.32 Å². The summed E-state index contributed by atoms with van der Waals surface area (Å²) in [5.41, 5.74) is -0.00973. The van der Waals surface area contributed by atoms with Crippen LogP contribution < -0.4 is 5.32 Å². The van der Waals surface area contributed by atoms with Crippen LogP contribution >= 0.6 is 23.1 Å². The summed E-state index contributed by atoms with van der Waals surface area (Å²) in [5.74, 6) is 0. The molecule has 0 bridgehead atoms. The second-order valence-electron chi connectivity index (χ2n) is 5.04. The molecule has 1 fully saturated rings. The first-order valence-corrected chi connectivity index (χ1v) is 8.73. The molecule has 0 radical (unpaired) electrons. The lowest BCUT2D eigenvalue weighted by Crippen LogP contribution is -2.21. The molecule has 0 amide bonds. The molecule has 3 rings (SSSR count). The van der Waals surface area contributed by atoms with Gasteiger partial charge in [-0.1, -0.05) is 30.6 Å². The molecular weight excluding hydrogens is 322 g/mol. The van der Waals surface area contributed by atoms with Crippen molar-refractivity contribution in [3.63, 3.8) is 0 Å². The van der Waals surface area contributed by atoms with Gasteiger partial charge in [-0.3, -0.25) is 10.1 Å². The van der Waals surface area contributed by atoms with Crippen molar-refractivity contribution in [2.45, 2.75) is 47.5 Å². The molecule has 2 aromatic rings. The van der Waals surface area contributed by atoms with Crippen LogP contribution in [0.15, 0.2) is 27.7 Å². The van der Waals surface area contributed by atoms with Gasteiger partial charge in [0.15, 0.2) is 9.37 Å². The predicted octanol–water partition coefficient (Wildman–Crippen LogP) is 3.74. The van der Waals surface area contributed by atoms with Crippen LogP contribution in [0.3, 0.4) is 0 Å². The normalized spacial score (nSPS) is 15.6. The van der Waals surface area contributed by atoms with E-state index in [2.05, 4.69) is 20.5 Å². The standard InChI is InChI=1S/C13H15N5O2S2/c19-18(20)10-7-4-8-14-11(10)21-13-17-16-12(22-13)15-9-5-2-1-3-6-9/h4,7-9H,1-3,5-6H2,(H,15,16). The first-order valence-electron chi connectivity index (χ1n) is 7.09. The minimum absolute atomic E-state index is 0.00973. The van der Waals surface area contributed by atoms with Crippen LogP contribution in [-0.4, -0.2) is 26.1 Å². The van der Waals surface area contributed by atoms with E-state index < -0.39 is 4.92 Å². The van der Waals surface area contributed by atoms with Gasteiger partial charge in [-0.05, 0) is 30.7 Å². The lowest BCUT2D eigenvalue weighted by Gasteiger charge is -2.21. The van der Waals surface area contributed by atoms with Crippen molar-refractivity contribution in [1.82, 2.24) is 15.2 Å². The van der Waals surface area contributed by atoms with E-state index in [9.17, 15) is 10.1 Å². The molecule has 2 heterocycles. The summed E-state index contributed by atoms with van der Waals surface area (Å²) in [5, 5.41) is 23.7. The number of aromatic nitrogens is 3. The van der Waals surface area contributed by atoms with Crippen molar-refractivity contribution in [2.24, 2.45) is 0 Å². The van der Waals surface area contributed by atoms with Crippen LogP contribution in [-0.2, 0) is 0 Å².